The molecule has 0 spiro atoms. The van der Waals surface area contributed by atoms with Crippen LogP contribution in [0.2, 0.25) is 0 Å². The first-order valence-corrected chi connectivity index (χ1v) is 5.96. The molecule has 106 valence electrons. The van der Waals surface area contributed by atoms with E-state index in [1.54, 1.807) is 6.92 Å². The van der Waals surface area contributed by atoms with Gasteiger partial charge >= 0.3 is 0 Å². The number of nitrogens with one attached hydrogen (secondary N) is 2. The number of nitrogens with zero attached hydrogens (tertiary/aromatic N) is 3. The molecule has 1 aromatic rings. The van der Waals surface area contributed by atoms with Crippen molar-refractivity contribution in [2.75, 3.05) is 5.32 Å². The van der Waals surface area contributed by atoms with Gasteiger partial charge in [0.2, 0.25) is 5.91 Å². The molecule has 0 saturated carbocycles. The summed E-state index contributed by atoms with van der Waals surface area (Å²) in [5.74, 6) is -0.103. The Morgan fingerprint density at radius 2 is 2.15 bits per heavy atom. The first-order valence-electron chi connectivity index (χ1n) is 5.96. The van der Waals surface area contributed by atoms with Crippen LogP contribution < -0.4 is 10.6 Å². The van der Waals surface area contributed by atoms with Crippen LogP contribution in [-0.2, 0) is 4.79 Å². The lowest BCUT2D eigenvalue weighted by Gasteiger charge is -2.16. The zero-order valence-electron chi connectivity index (χ0n) is 11.4. The van der Waals surface area contributed by atoms with E-state index in [2.05, 4.69) is 15.6 Å². The van der Waals surface area contributed by atoms with E-state index in [4.69, 9.17) is 5.26 Å². The molecule has 0 aliphatic carbocycles. The molecule has 8 nitrogen and oxygen atoms in total. The molecule has 0 aromatic carbocycles. The van der Waals surface area contributed by atoms with Gasteiger partial charge < -0.3 is 10.6 Å². The summed E-state index contributed by atoms with van der Waals surface area (Å²) in [5.41, 5.74) is -0.255. The van der Waals surface area contributed by atoms with E-state index in [1.165, 1.54) is 0 Å². The zero-order valence-corrected chi connectivity index (χ0v) is 11.4. The van der Waals surface area contributed by atoms with Gasteiger partial charge in [0, 0.05) is 12.1 Å². The van der Waals surface area contributed by atoms with Gasteiger partial charge in [-0.05, 0) is 20.8 Å². The number of anilines is 1. The summed E-state index contributed by atoms with van der Waals surface area (Å²) in [6, 6.07) is 2.31. The van der Waals surface area contributed by atoms with Gasteiger partial charge in [0.05, 0.1) is 4.92 Å². The number of rotatable bonds is 5. The minimum absolute atomic E-state index is 0.00740. The van der Waals surface area contributed by atoms with Crippen LogP contribution in [0.1, 0.15) is 26.3 Å². The topological polar surface area (TPSA) is 121 Å². The second kappa shape index (κ2) is 6.47. The summed E-state index contributed by atoms with van der Waals surface area (Å²) in [4.78, 5) is 25.5. The Hall–Kier alpha value is -2.69. The van der Waals surface area contributed by atoms with Gasteiger partial charge in [-0.15, -0.1) is 0 Å². The molecule has 0 fully saturated rings. The molecule has 0 radical (unpaired) electrons. The van der Waals surface area contributed by atoms with Crippen molar-refractivity contribution < 1.29 is 9.72 Å². The summed E-state index contributed by atoms with van der Waals surface area (Å²) < 4.78 is 0. The van der Waals surface area contributed by atoms with Gasteiger partial charge in [-0.25, -0.2) is 4.98 Å². The first kappa shape index (κ1) is 15.4. The number of hydrogen-bond donors (Lipinski definition) is 2. The Bertz CT molecular complexity index is 565. The van der Waals surface area contributed by atoms with E-state index in [0.29, 0.717) is 0 Å². The lowest BCUT2D eigenvalue weighted by Crippen LogP contribution is -2.41. The second-order valence-electron chi connectivity index (χ2n) is 4.49. The predicted octanol–water partition coefficient (Wildman–Crippen LogP) is 1.19. The van der Waals surface area contributed by atoms with E-state index >= 15 is 0 Å². The predicted molar refractivity (Wildman–Crippen MR) is 72.0 cm³/mol. The molecule has 0 aliphatic heterocycles. The number of nitriles is 1. The maximum Gasteiger partial charge on any atom is 0.289 e. The fourth-order valence-corrected chi connectivity index (χ4v) is 1.43. The molecule has 1 heterocycles. The monoisotopic (exact) mass is 277 g/mol. The highest BCUT2D eigenvalue weighted by atomic mass is 16.6. The van der Waals surface area contributed by atoms with Crippen LogP contribution in [-0.4, -0.2) is 27.9 Å². The first-order chi connectivity index (χ1) is 9.35. The zero-order chi connectivity index (χ0) is 15.3. The standard InChI is InChI=1S/C12H15N5O3/c1-7(2)15-12(18)8(3)16-11-9(5-13)4-10(6-14-11)17(19)20/h4,6-8H,1-3H3,(H,14,16)(H,15,18). The Balaban J connectivity index is 2.90. The quantitative estimate of drug-likeness (QED) is 0.615. The molecule has 20 heavy (non-hydrogen) atoms. The number of carbonyl (C=O) groups excluding carboxylic acids is 1. The van der Waals surface area contributed by atoms with Crippen LogP contribution in [0.15, 0.2) is 12.3 Å². The van der Waals surface area contributed by atoms with Crippen LogP contribution in [0.3, 0.4) is 0 Å². The van der Waals surface area contributed by atoms with Crippen molar-refractivity contribution in [1.82, 2.24) is 10.3 Å². The number of hydrogen-bond acceptors (Lipinski definition) is 6. The third kappa shape index (κ3) is 3.91. The molecular formula is C12H15N5O3. The molecule has 8 heteroatoms. The molecule has 1 unspecified atom stereocenters. The van der Waals surface area contributed by atoms with Crippen LogP contribution in [0, 0.1) is 21.4 Å². The SMILES string of the molecule is CC(C)NC(=O)C(C)Nc1ncc([N+](=O)[O-])cc1C#N. The van der Waals surface area contributed by atoms with Gasteiger partial charge in [0.25, 0.3) is 5.69 Å². The van der Waals surface area contributed by atoms with Crippen molar-refractivity contribution in [3.63, 3.8) is 0 Å². The smallest absolute Gasteiger partial charge is 0.289 e. The number of aromatic nitrogens is 1. The van der Waals surface area contributed by atoms with Crippen molar-refractivity contribution in [1.29, 1.82) is 5.26 Å². The summed E-state index contributed by atoms with van der Waals surface area (Å²) in [5, 5.41) is 25.0. The van der Waals surface area contributed by atoms with Crippen molar-refractivity contribution in [3.8, 4) is 6.07 Å². The third-order valence-corrected chi connectivity index (χ3v) is 2.38. The van der Waals surface area contributed by atoms with Crippen molar-refractivity contribution >= 4 is 17.4 Å². The Kier molecular flexibility index (Phi) is 4.97. The summed E-state index contributed by atoms with van der Waals surface area (Å²) in [7, 11) is 0. The van der Waals surface area contributed by atoms with E-state index in [-0.39, 0.29) is 29.0 Å². The highest BCUT2D eigenvalue weighted by Crippen LogP contribution is 2.18. The van der Waals surface area contributed by atoms with Gasteiger partial charge in [0.15, 0.2) is 0 Å². The van der Waals surface area contributed by atoms with Crippen LogP contribution in [0.5, 0.6) is 0 Å². The Morgan fingerprint density at radius 3 is 2.65 bits per heavy atom. The third-order valence-electron chi connectivity index (χ3n) is 2.38. The molecule has 1 amide bonds. The molecule has 1 rings (SSSR count). The number of nitro groups is 1. The molecule has 1 atom stereocenters. The van der Waals surface area contributed by atoms with Gasteiger partial charge in [-0.2, -0.15) is 5.26 Å². The lowest BCUT2D eigenvalue weighted by molar-refractivity contribution is -0.385. The number of carbonyl (C=O) groups is 1. The molecule has 0 saturated heterocycles. The summed E-state index contributed by atoms with van der Waals surface area (Å²) in [6.45, 7) is 5.27. The molecule has 1 aromatic heterocycles. The van der Waals surface area contributed by atoms with Gasteiger partial charge in [-0.1, -0.05) is 0 Å². The maximum absolute atomic E-state index is 11.7. The molecule has 2 N–H and O–H groups in total. The number of amides is 1. The Labute approximate surface area is 116 Å². The number of pyridine rings is 1. The van der Waals surface area contributed by atoms with Crippen molar-refractivity contribution in [3.05, 3.63) is 27.9 Å². The van der Waals surface area contributed by atoms with Crippen LogP contribution in [0.4, 0.5) is 11.5 Å². The fourth-order valence-electron chi connectivity index (χ4n) is 1.43. The molecular weight excluding hydrogens is 262 g/mol. The van der Waals surface area contributed by atoms with E-state index < -0.39 is 11.0 Å². The fraction of sp³-hybridized carbons (Fsp3) is 0.417. The van der Waals surface area contributed by atoms with E-state index in [1.807, 2.05) is 19.9 Å². The normalized spacial score (nSPS) is 11.6. The van der Waals surface area contributed by atoms with Crippen LogP contribution in [0.25, 0.3) is 0 Å². The van der Waals surface area contributed by atoms with Crippen LogP contribution >= 0.6 is 0 Å². The minimum atomic E-state index is -0.632. The average molecular weight is 277 g/mol. The van der Waals surface area contributed by atoms with Gasteiger partial charge in [0.1, 0.15) is 29.7 Å². The largest absolute Gasteiger partial charge is 0.358 e. The Morgan fingerprint density at radius 1 is 1.50 bits per heavy atom. The minimum Gasteiger partial charge on any atom is -0.358 e. The maximum atomic E-state index is 11.7. The molecule has 0 bridgehead atoms. The summed E-state index contributed by atoms with van der Waals surface area (Å²) >= 11 is 0. The highest BCUT2D eigenvalue weighted by Gasteiger charge is 2.17. The lowest BCUT2D eigenvalue weighted by atomic mass is 10.2. The average Bonchev–Trinajstić information content (AvgIpc) is 2.37. The van der Waals surface area contributed by atoms with E-state index in [9.17, 15) is 14.9 Å². The summed E-state index contributed by atoms with van der Waals surface area (Å²) in [6.07, 6.45) is 1.04. The van der Waals surface area contributed by atoms with E-state index in [0.717, 1.165) is 12.3 Å². The highest BCUT2D eigenvalue weighted by molar-refractivity contribution is 5.84. The van der Waals surface area contributed by atoms with Crippen molar-refractivity contribution in [2.45, 2.75) is 32.9 Å². The second-order valence-corrected chi connectivity index (χ2v) is 4.49. The molecule has 0 aliphatic rings. The van der Waals surface area contributed by atoms with Crippen molar-refractivity contribution in [2.24, 2.45) is 0 Å². The van der Waals surface area contributed by atoms with Gasteiger partial charge in [-0.3, -0.25) is 14.9 Å².